The van der Waals surface area contributed by atoms with E-state index in [1.54, 1.807) is 7.05 Å². The maximum Gasteiger partial charge on any atom is 0.329 e. The second-order valence-electron chi connectivity index (χ2n) is 5.00. The Balaban J connectivity index is 2.43. The van der Waals surface area contributed by atoms with E-state index in [0.29, 0.717) is 19.3 Å². The summed E-state index contributed by atoms with van der Waals surface area (Å²) in [6.45, 7) is 1.40. The van der Waals surface area contributed by atoms with Crippen LogP contribution >= 0.6 is 15.9 Å². The highest BCUT2D eigenvalue weighted by Crippen LogP contribution is 2.34. The molecule has 1 aromatic rings. The van der Waals surface area contributed by atoms with E-state index in [1.807, 2.05) is 18.2 Å². The highest BCUT2D eigenvalue weighted by atomic mass is 79.9. The average Bonchev–Trinajstić information content (AvgIpc) is 2.36. The number of hydrogen-bond donors (Lipinski definition) is 1. The third kappa shape index (κ3) is 2.39. The van der Waals surface area contributed by atoms with Crippen molar-refractivity contribution in [2.75, 3.05) is 7.05 Å². The smallest absolute Gasteiger partial charge is 0.329 e. The van der Waals surface area contributed by atoms with Crippen LogP contribution in [0.3, 0.4) is 0 Å². The minimum atomic E-state index is -1.12. The first-order valence-corrected chi connectivity index (χ1v) is 6.91. The molecule has 4 nitrogen and oxygen atoms in total. The van der Waals surface area contributed by atoms with E-state index < -0.39 is 11.5 Å². The summed E-state index contributed by atoms with van der Waals surface area (Å²) in [6.07, 6.45) is 1.47. The van der Waals surface area contributed by atoms with Crippen molar-refractivity contribution in [3.05, 3.63) is 33.8 Å². The second-order valence-corrected chi connectivity index (χ2v) is 5.92. The van der Waals surface area contributed by atoms with Gasteiger partial charge >= 0.3 is 5.97 Å². The van der Waals surface area contributed by atoms with Gasteiger partial charge in [0.25, 0.3) is 0 Å². The highest BCUT2D eigenvalue weighted by Gasteiger charge is 2.46. The Morgan fingerprint density at radius 2 is 2.05 bits per heavy atom. The average molecular weight is 326 g/mol. The number of carbonyl (C=O) groups excluding carboxylic acids is 1. The summed E-state index contributed by atoms with van der Waals surface area (Å²) in [4.78, 5) is 24.6. The SMILES string of the molecule is CC(=O)N(C)C1(C(=O)O)CCc2cc(Br)ccc2C1. The molecule has 0 spiro atoms. The van der Waals surface area contributed by atoms with Gasteiger partial charge in [0.15, 0.2) is 0 Å². The van der Waals surface area contributed by atoms with Crippen LogP contribution < -0.4 is 0 Å². The van der Waals surface area contributed by atoms with Crippen LogP contribution in [0, 0.1) is 0 Å². The van der Waals surface area contributed by atoms with Crippen LogP contribution in [-0.2, 0) is 22.4 Å². The summed E-state index contributed by atoms with van der Waals surface area (Å²) in [5.74, 6) is -1.15. The highest BCUT2D eigenvalue weighted by molar-refractivity contribution is 9.10. The molecule has 1 aliphatic rings. The Kier molecular flexibility index (Phi) is 3.67. The van der Waals surface area contributed by atoms with Gasteiger partial charge in [-0.25, -0.2) is 4.79 Å². The molecule has 1 amide bonds. The molecule has 0 saturated carbocycles. The normalized spacial score (nSPS) is 21.6. The molecule has 19 heavy (non-hydrogen) atoms. The zero-order chi connectivity index (χ0) is 14.2. The largest absolute Gasteiger partial charge is 0.479 e. The summed E-state index contributed by atoms with van der Waals surface area (Å²) < 4.78 is 0.994. The number of rotatable bonds is 2. The van der Waals surface area contributed by atoms with E-state index in [4.69, 9.17) is 0 Å². The molecule has 1 aliphatic carbocycles. The molecule has 0 aliphatic heterocycles. The fourth-order valence-corrected chi connectivity index (χ4v) is 3.07. The van der Waals surface area contributed by atoms with Gasteiger partial charge in [0.1, 0.15) is 5.54 Å². The Morgan fingerprint density at radius 3 is 2.63 bits per heavy atom. The van der Waals surface area contributed by atoms with Crippen molar-refractivity contribution < 1.29 is 14.7 Å². The monoisotopic (exact) mass is 325 g/mol. The van der Waals surface area contributed by atoms with E-state index in [2.05, 4.69) is 15.9 Å². The summed E-state index contributed by atoms with van der Waals surface area (Å²) in [6, 6.07) is 5.86. The molecule has 0 heterocycles. The molecular formula is C14H16BrNO3. The molecule has 1 N–H and O–H groups in total. The minimum Gasteiger partial charge on any atom is -0.479 e. The van der Waals surface area contributed by atoms with Crippen LogP contribution in [0.5, 0.6) is 0 Å². The van der Waals surface area contributed by atoms with E-state index in [1.165, 1.54) is 11.8 Å². The van der Waals surface area contributed by atoms with Crippen molar-refractivity contribution in [2.45, 2.75) is 31.7 Å². The summed E-state index contributed by atoms with van der Waals surface area (Å²) >= 11 is 3.42. The maximum atomic E-state index is 11.7. The molecule has 0 saturated heterocycles. The first-order chi connectivity index (χ1) is 8.86. The maximum absolute atomic E-state index is 11.7. The number of likely N-dealkylation sites (N-methyl/N-ethyl adjacent to an activating group) is 1. The minimum absolute atomic E-state index is 0.219. The third-order valence-corrected chi connectivity index (χ3v) is 4.46. The van der Waals surface area contributed by atoms with Crippen LogP contribution in [0.25, 0.3) is 0 Å². The van der Waals surface area contributed by atoms with Crippen molar-refractivity contribution >= 4 is 27.8 Å². The van der Waals surface area contributed by atoms with Gasteiger partial charge in [0.2, 0.25) is 5.91 Å². The molecule has 2 rings (SSSR count). The quantitative estimate of drug-likeness (QED) is 0.907. The van der Waals surface area contributed by atoms with Gasteiger partial charge in [-0.15, -0.1) is 0 Å². The zero-order valence-electron chi connectivity index (χ0n) is 10.9. The standard InChI is InChI=1S/C14H16BrNO3/c1-9(17)16(2)14(13(18)19)6-5-10-7-12(15)4-3-11(10)8-14/h3-4,7H,5-6,8H2,1-2H3,(H,18,19). The van der Waals surface area contributed by atoms with E-state index in [-0.39, 0.29) is 5.91 Å². The van der Waals surface area contributed by atoms with Gasteiger partial charge in [0.05, 0.1) is 0 Å². The van der Waals surface area contributed by atoms with Crippen molar-refractivity contribution in [1.29, 1.82) is 0 Å². The number of halogens is 1. The van der Waals surface area contributed by atoms with Crippen molar-refractivity contribution in [3.8, 4) is 0 Å². The number of benzene rings is 1. The summed E-state index contributed by atoms with van der Waals surface area (Å²) in [5.41, 5.74) is 1.04. The first-order valence-electron chi connectivity index (χ1n) is 6.12. The van der Waals surface area contributed by atoms with Gasteiger partial charge in [-0.05, 0) is 36.1 Å². The summed E-state index contributed by atoms with van der Waals surface area (Å²) in [5, 5.41) is 9.59. The molecule has 1 aromatic carbocycles. The van der Waals surface area contributed by atoms with Gasteiger partial charge in [-0.3, -0.25) is 4.79 Å². The predicted octanol–water partition coefficient (Wildman–Crippen LogP) is 2.24. The van der Waals surface area contributed by atoms with Gasteiger partial charge in [-0.2, -0.15) is 0 Å². The number of aryl methyl sites for hydroxylation is 1. The predicted molar refractivity (Wildman–Crippen MR) is 75.0 cm³/mol. The van der Waals surface area contributed by atoms with Crippen LogP contribution in [0.15, 0.2) is 22.7 Å². The Labute approximate surface area is 120 Å². The van der Waals surface area contributed by atoms with Gasteiger partial charge in [0, 0.05) is 24.9 Å². The number of carboxylic acids is 1. The van der Waals surface area contributed by atoms with Crippen molar-refractivity contribution in [3.63, 3.8) is 0 Å². The molecule has 0 fully saturated rings. The van der Waals surface area contributed by atoms with E-state index in [9.17, 15) is 14.7 Å². The molecule has 0 bridgehead atoms. The second kappa shape index (κ2) is 4.96. The third-order valence-electron chi connectivity index (χ3n) is 3.97. The molecule has 5 heteroatoms. The molecule has 1 unspecified atom stereocenters. The van der Waals surface area contributed by atoms with Gasteiger partial charge in [-0.1, -0.05) is 22.0 Å². The number of carbonyl (C=O) groups is 2. The van der Waals surface area contributed by atoms with Crippen LogP contribution in [0.4, 0.5) is 0 Å². The molecular weight excluding hydrogens is 310 g/mol. The lowest BCUT2D eigenvalue weighted by Gasteiger charge is -2.41. The number of carboxylic acid groups (broad SMARTS) is 1. The first kappa shape index (κ1) is 14.1. The Bertz CT molecular complexity index is 543. The fourth-order valence-electron chi connectivity index (χ4n) is 2.66. The summed E-state index contributed by atoms with van der Waals surface area (Å²) in [7, 11) is 1.57. The Hall–Kier alpha value is -1.36. The number of nitrogens with zero attached hydrogens (tertiary/aromatic N) is 1. The topological polar surface area (TPSA) is 57.6 Å². The molecule has 1 atom stereocenters. The van der Waals surface area contributed by atoms with Crippen LogP contribution in [-0.4, -0.2) is 34.5 Å². The lowest BCUT2D eigenvalue weighted by atomic mass is 9.77. The lowest BCUT2D eigenvalue weighted by molar-refractivity contribution is -0.158. The van der Waals surface area contributed by atoms with Crippen molar-refractivity contribution in [2.24, 2.45) is 0 Å². The molecule has 0 radical (unpaired) electrons. The van der Waals surface area contributed by atoms with E-state index in [0.717, 1.165) is 15.6 Å². The zero-order valence-corrected chi connectivity index (χ0v) is 12.5. The van der Waals surface area contributed by atoms with Crippen LogP contribution in [0.1, 0.15) is 24.5 Å². The molecule has 102 valence electrons. The van der Waals surface area contributed by atoms with Crippen LogP contribution in [0.2, 0.25) is 0 Å². The van der Waals surface area contributed by atoms with Crippen molar-refractivity contribution in [1.82, 2.24) is 4.90 Å². The molecule has 0 aromatic heterocycles. The number of amides is 1. The number of aliphatic carboxylic acids is 1. The van der Waals surface area contributed by atoms with E-state index >= 15 is 0 Å². The number of fused-ring (bicyclic) bond motifs is 1. The Morgan fingerprint density at radius 1 is 1.37 bits per heavy atom. The fraction of sp³-hybridized carbons (Fsp3) is 0.429. The van der Waals surface area contributed by atoms with Gasteiger partial charge < -0.3 is 10.0 Å². The lowest BCUT2D eigenvalue weighted by Crippen LogP contribution is -2.57. The number of hydrogen-bond acceptors (Lipinski definition) is 2.